The van der Waals surface area contributed by atoms with E-state index in [1.54, 1.807) is 54.6 Å². The SMILES string of the molecule is CCOC(=O)[C@@H]1[C@@H](C#CCc2cc(Cl)cc(-c3ccc(C(NC(=O)N4[C@H](C(=O)O)[C@@H](CCc5cccc(Cl)c5)[C@@]4(C)O)c4ccccc4)cc3)c2)C(=O)N1C(=O)N[C@@H](C1CCCCC1)C(F)(F)F. The Balaban J connectivity index is 1.05. The van der Waals surface area contributed by atoms with Gasteiger partial charge in [0.15, 0.2) is 6.04 Å². The van der Waals surface area contributed by atoms with Gasteiger partial charge in [-0.2, -0.15) is 13.2 Å². The number of aliphatic hydroxyl groups is 1. The molecule has 1 saturated carbocycles. The Morgan fingerprint density at radius 1 is 0.838 bits per heavy atom. The lowest BCUT2D eigenvalue weighted by Crippen LogP contribution is -2.77. The molecule has 358 valence electrons. The number of carboxylic acid groups (broad SMARTS) is 1. The monoisotopic (exact) mass is 974 g/mol. The molecule has 7 rings (SSSR count). The molecule has 2 heterocycles. The number of imide groups is 1. The van der Waals surface area contributed by atoms with Crippen LogP contribution in [0.4, 0.5) is 22.8 Å². The Morgan fingerprint density at radius 2 is 1.51 bits per heavy atom. The first kappa shape index (κ1) is 49.8. The van der Waals surface area contributed by atoms with Crippen LogP contribution in [0.15, 0.2) is 97.1 Å². The van der Waals surface area contributed by atoms with Crippen LogP contribution < -0.4 is 10.6 Å². The number of carboxylic acids is 1. The molecule has 3 fully saturated rings. The van der Waals surface area contributed by atoms with Crippen LogP contribution in [0, 0.1) is 29.6 Å². The molecule has 2 saturated heterocycles. The molecule has 0 radical (unpaired) electrons. The molecule has 68 heavy (non-hydrogen) atoms. The van der Waals surface area contributed by atoms with E-state index in [1.807, 2.05) is 47.8 Å². The summed E-state index contributed by atoms with van der Waals surface area (Å²) in [6.07, 6.45) is -1.44. The van der Waals surface area contributed by atoms with Gasteiger partial charge >= 0.3 is 30.2 Å². The number of nitrogens with zero attached hydrogens (tertiary/aromatic N) is 2. The molecule has 3 aliphatic rings. The average molecular weight is 976 g/mol. The third-order valence-corrected chi connectivity index (χ3v) is 13.5. The van der Waals surface area contributed by atoms with Crippen LogP contribution in [0.1, 0.15) is 80.7 Å². The minimum Gasteiger partial charge on any atom is -0.480 e. The van der Waals surface area contributed by atoms with Crippen LogP contribution in [0.25, 0.3) is 11.1 Å². The third kappa shape index (κ3) is 10.9. The molecular formula is C51H51Cl2F3N4O8. The van der Waals surface area contributed by atoms with Crippen molar-refractivity contribution in [3.63, 3.8) is 0 Å². The Bertz CT molecular complexity index is 2580. The van der Waals surface area contributed by atoms with Crippen molar-refractivity contribution in [3.05, 3.63) is 129 Å². The van der Waals surface area contributed by atoms with E-state index in [2.05, 4.69) is 17.2 Å². The molecule has 0 spiro atoms. The van der Waals surface area contributed by atoms with Gasteiger partial charge in [-0.25, -0.2) is 24.1 Å². The largest absolute Gasteiger partial charge is 0.480 e. The molecule has 0 aromatic heterocycles. The van der Waals surface area contributed by atoms with Crippen molar-refractivity contribution in [3.8, 4) is 23.0 Å². The number of nitrogens with one attached hydrogen (secondary N) is 2. The Hall–Kier alpha value is -6.08. The maximum atomic E-state index is 14.1. The molecule has 4 N–H and O–H groups in total. The van der Waals surface area contributed by atoms with E-state index in [9.17, 15) is 47.4 Å². The van der Waals surface area contributed by atoms with Gasteiger partial charge in [0.05, 0.1) is 12.6 Å². The highest BCUT2D eigenvalue weighted by Crippen LogP contribution is 2.44. The molecule has 17 heteroatoms. The lowest BCUT2D eigenvalue weighted by Gasteiger charge is -2.57. The number of hydrogen-bond donors (Lipinski definition) is 4. The van der Waals surface area contributed by atoms with Gasteiger partial charge in [-0.3, -0.25) is 9.69 Å². The smallest absolute Gasteiger partial charge is 0.408 e. The number of benzene rings is 4. The number of carbonyl (C=O) groups is 5. The molecular weight excluding hydrogens is 924 g/mol. The van der Waals surface area contributed by atoms with Crippen molar-refractivity contribution in [2.45, 2.75) is 101 Å². The number of ether oxygens (including phenoxy) is 1. The number of likely N-dealkylation sites (tertiary alicyclic amines) is 2. The minimum atomic E-state index is -4.76. The number of amides is 5. The van der Waals surface area contributed by atoms with Crippen LogP contribution in [0.2, 0.25) is 10.0 Å². The van der Waals surface area contributed by atoms with Crippen LogP contribution >= 0.6 is 23.2 Å². The van der Waals surface area contributed by atoms with Crippen molar-refractivity contribution in [1.82, 2.24) is 20.4 Å². The average Bonchev–Trinajstić information content (AvgIpc) is 3.29. The van der Waals surface area contributed by atoms with E-state index in [0.717, 1.165) is 22.4 Å². The highest BCUT2D eigenvalue weighted by Gasteiger charge is 2.62. The number of urea groups is 2. The highest BCUT2D eigenvalue weighted by atomic mass is 35.5. The fourth-order valence-electron chi connectivity index (χ4n) is 9.63. The number of hydrogen-bond acceptors (Lipinski definition) is 7. The maximum Gasteiger partial charge on any atom is 0.408 e. The second-order valence-corrected chi connectivity index (χ2v) is 18.4. The molecule has 7 atom stereocenters. The molecule has 12 nitrogen and oxygen atoms in total. The summed E-state index contributed by atoms with van der Waals surface area (Å²) in [4.78, 5) is 67.5. The summed E-state index contributed by atoms with van der Waals surface area (Å²) in [5.41, 5.74) is 2.51. The van der Waals surface area contributed by atoms with E-state index < -0.39 is 83.7 Å². The van der Waals surface area contributed by atoms with Crippen molar-refractivity contribution in [1.29, 1.82) is 0 Å². The summed E-state index contributed by atoms with van der Waals surface area (Å²) >= 11 is 12.7. The van der Waals surface area contributed by atoms with Gasteiger partial charge < -0.3 is 25.6 Å². The molecule has 4 aromatic rings. The number of aliphatic carboxylic acids is 1. The topological polar surface area (TPSA) is 166 Å². The lowest BCUT2D eigenvalue weighted by atomic mass is 9.74. The number of carbonyl (C=O) groups excluding carboxylic acids is 4. The van der Waals surface area contributed by atoms with Crippen LogP contribution in [-0.2, 0) is 32.0 Å². The zero-order valence-electron chi connectivity index (χ0n) is 37.3. The second kappa shape index (κ2) is 21.1. The summed E-state index contributed by atoms with van der Waals surface area (Å²) in [7, 11) is 0. The Kier molecular flexibility index (Phi) is 15.4. The van der Waals surface area contributed by atoms with Gasteiger partial charge in [0, 0.05) is 22.4 Å². The zero-order valence-corrected chi connectivity index (χ0v) is 38.8. The van der Waals surface area contributed by atoms with Crippen molar-refractivity contribution >= 4 is 53.1 Å². The van der Waals surface area contributed by atoms with E-state index in [1.165, 1.54) is 13.8 Å². The number of halogens is 5. The lowest BCUT2D eigenvalue weighted by molar-refractivity contribution is -0.234. The second-order valence-electron chi connectivity index (χ2n) is 17.5. The zero-order chi connectivity index (χ0) is 48.9. The Morgan fingerprint density at radius 3 is 2.16 bits per heavy atom. The summed E-state index contributed by atoms with van der Waals surface area (Å²) in [6.45, 7) is 2.86. The maximum absolute atomic E-state index is 14.1. The van der Waals surface area contributed by atoms with Crippen LogP contribution in [0.5, 0.6) is 0 Å². The van der Waals surface area contributed by atoms with E-state index in [0.29, 0.717) is 62.9 Å². The molecule has 1 unspecified atom stereocenters. The summed E-state index contributed by atoms with van der Waals surface area (Å²) in [6, 6.07) is 20.9. The van der Waals surface area contributed by atoms with E-state index >= 15 is 0 Å². The fourth-order valence-corrected chi connectivity index (χ4v) is 10.1. The quantitative estimate of drug-likeness (QED) is 0.0585. The van der Waals surface area contributed by atoms with Gasteiger partial charge in [-0.05, 0) is 103 Å². The number of β-lactam (4-membered cyclic amide) rings is 1. The minimum absolute atomic E-state index is 0.0518. The van der Waals surface area contributed by atoms with Gasteiger partial charge in [-0.1, -0.05) is 127 Å². The van der Waals surface area contributed by atoms with Crippen molar-refractivity contribution < 1.29 is 52.1 Å². The van der Waals surface area contributed by atoms with Gasteiger partial charge in [-0.15, -0.1) is 0 Å². The summed E-state index contributed by atoms with van der Waals surface area (Å²) in [5, 5.41) is 27.7. The summed E-state index contributed by atoms with van der Waals surface area (Å²) in [5.74, 6) is -0.439. The molecule has 1 aliphatic carbocycles. The first-order valence-corrected chi connectivity index (χ1v) is 23.2. The normalized spacial score (nSPS) is 22.4. The van der Waals surface area contributed by atoms with Crippen molar-refractivity contribution in [2.75, 3.05) is 6.61 Å². The van der Waals surface area contributed by atoms with Gasteiger partial charge in [0.25, 0.3) is 0 Å². The fraction of sp³-hybridized carbons (Fsp3) is 0.392. The molecule has 5 amide bonds. The number of alkyl halides is 3. The number of esters is 1. The Labute approximate surface area is 402 Å². The van der Waals surface area contributed by atoms with Crippen LogP contribution in [-0.4, -0.2) is 86.6 Å². The van der Waals surface area contributed by atoms with E-state index in [4.69, 9.17) is 27.9 Å². The molecule has 4 aromatic carbocycles. The highest BCUT2D eigenvalue weighted by molar-refractivity contribution is 6.31. The molecule has 0 bridgehead atoms. The predicted molar refractivity (Wildman–Crippen MR) is 248 cm³/mol. The molecule has 2 aliphatic heterocycles. The third-order valence-electron chi connectivity index (χ3n) is 13.0. The number of aryl methyl sites for hydroxylation is 1. The van der Waals surface area contributed by atoms with Crippen molar-refractivity contribution in [2.24, 2.45) is 17.8 Å². The standard InChI is InChI=1S/C51H51Cl2F3N4O8/c1-3-68-47(64)42-39(45(61)59(42)48(65)58-44(51(54,55)56)35-16-8-5-9-17-35)19-11-13-31-26-36(29-38(53)28-31)32-21-23-34(24-22-32)41(33-14-6-4-7-15-33)57-49(66)60-43(46(62)63)40(50(60,2)67)25-20-30-12-10-18-37(52)27-30/h4,6-7,10,12,14-15,18,21-24,26-29,35,39-44,67H,3,5,8-9,13,16-17,20,25H2,1-2H3,(H,57,66)(H,58,65)(H,62,63)/t39-,40-,41?,42+,43+,44+,50-/m1/s1. The first-order chi connectivity index (χ1) is 32.4. The van der Waals surface area contributed by atoms with E-state index in [-0.39, 0.29) is 25.9 Å². The van der Waals surface area contributed by atoms with Gasteiger partial charge in [0.2, 0.25) is 5.91 Å². The predicted octanol–water partition coefficient (Wildman–Crippen LogP) is 9.34. The number of rotatable bonds is 13. The van der Waals surface area contributed by atoms with Crippen LogP contribution in [0.3, 0.4) is 0 Å². The first-order valence-electron chi connectivity index (χ1n) is 22.5. The summed E-state index contributed by atoms with van der Waals surface area (Å²) < 4.78 is 47.5. The van der Waals surface area contributed by atoms with Gasteiger partial charge in [0.1, 0.15) is 23.7 Å².